The molecule has 0 saturated carbocycles. The average Bonchev–Trinajstić information content (AvgIpc) is 2.63. The minimum absolute atomic E-state index is 0.271. The van der Waals surface area contributed by atoms with Crippen molar-refractivity contribution in [3.63, 3.8) is 0 Å². The number of hydrogen-bond donors (Lipinski definition) is 0. The van der Waals surface area contributed by atoms with Crippen LogP contribution in [0.25, 0.3) is 0 Å². The molecule has 1 atom stereocenters. The van der Waals surface area contributed by atoms with E-state index >= 15 is 0 Å². The van der Waals surface area contributed by atoms with Gasteiger partial charge in [0.2, 0.25) is 5.91 Å². The summed E-state index contributed by atoms with van der Waals surface area (Å²) in [4.78, 5) is 17.0. The highest BCUT2D eigenvalue weighted by molar-refractivity contribution is 5.77. The first-order valence-electron chi connectivity index (χ1n) is 8.78. The van der Waals surface area contributed by atoms with Crippen LogP contribution in [0.4, 0.5) is 5.69 Å². The fourth-order valence-electron chi connectivity index (χ4n) is 3.41. The first-order valence-corrected chi connectivity index (χ1v) is 8.78. The average molecular weight is 322 g/mol. The molecule has 1 fully saturated rings. The van der Waals surface area contributed by atoms with E-state index in [0.717, 1.165) is 26.2 Å². The van der Waals surface area contributed by atoms with Crippen molar-refractivity contribution in [2.24, 2.45) is 0 Å². The summed E-state index contributed by atoms with van der Waals surface area (Å²) in [5, 5.41) is 0. The summed E-state index contributed by atoms with van der Waals surface area (Å²) in [7, 11) is 0. The molecule has 2 aromatic rings. The van der Waals surface area contributed by atoms with Crippen LogP contribution >= 0.6 is 0 Å². The third kappa shape index (κ3) is 3.78. The van der Waals surface area contributed by atoms with Gasteiger partial charge in [-0.15, -0.1) is 0 Å². The summed E-state index contributed by atoms with van der Waals surface area (Å²) in [6.07, 6.45) is 0.592. The van der Waals surface area contributed by atoms with Crippen LogP contribution < -0.4 is 4.90 Å². The largest absolute Gasteiger partial charge is 0.368 e. The van der Waals surface area contributed by atoms with Crippen LogP contribution in [0.5, 0.6) is 0 Å². The van der Waals surface area contributed by atoms with Gasteiger partial charge in [0, 0.05) is 38.3 Å². The summed E-state index contributed by atoms with van der Waals surface area (Å²) >= 11 is 0. The number of piperazine rings is 1. The minimum Gasteiger partial charge on any atom is -0.368 e. The number of para-hydroxylation sites is 1. The smallest absolute Gasteiger partial charge is 0.223 e. The van der Waals surface area contributed by atoms with Gasteiger partial charge in [0.1, 0.15) is 0 Å². The lowest BCUT2D eigenvalue weighted by atomic mass is 9.97. The SMILES string of the molecule is Cc1ccccc1N1CCN(C(=O)C[C@@H](C)c2ccccc2)CC1. The normalized spacial score (nSPS) is 16.1. The molecule has 2 aromatic carbocycles. The summed E-state index contributed by atoms with van der Waals surface area (Å²) in [6.45, 7) is 7.74. The summed E-state index contributed by atoms with van der Waals surface area (Å²) in [6, 6.07) is 18.8. The maximum atomic E-state index is 12.6. The van der Waals surface area contributed by atoms with Crippen molar-refractivity contribution in [1.29, 1.82) is 0 Å². The van der Waals surface area contributed by atoms with Crippen molar-refractivity contribution in [2.45, 2.75) is 26.2 Å². The number of amides is 1. The number of hydrogen-bond acceptors (Lipinski definition) is 2. The van der Waals surface area contributed by atoms with Gasteiger partial charge in [-0.25, -0.2) is 0 Å². The molecule has 1 heterocycles. The molecule has 0 spiro atoms. The molecule has 126 valence electrons. The van der Waals surface area contributed by atoms with Crippen molar-refractivity contribution >= 4 is 11.6 Å². The maximum Gasteiger partial charge on any atom is 0.223 e. The number of carbonyl (C=O) groups excluding carboxylic acids is 1. The van der Waals surface area contributed by atoms with Crippen LogP contribution in [0.2, 0.25) is 0 Å². The van der Waals surface area contributed by atoms with Crippen LogP contribution in [-0.2, 0) is 4.79 Å². The predicted molar refractivity (Wildman–Crippen MR) is 99.4 cm³/mol. The summed E-state index contributed by atoms with van der Waals surface area (Å²) < 4.78 is 0. The predicted octanol–water partition coefficient (Wildman–Crippen LogP) is 3.84. The Morgan fingerprint density at radius 2 is 1.58 bits per heavy atom. The molecule has 3 heteroatoms. The zero-order valence-electron chi connectivity index (χ0n) is 14.6. The third-order valence-corrected chi connectivity index (χ3v) is 4.94. The summed E-state index contributed by atoms with van der Waals surface area (Å²) in [5.41, 5.74) is 3.83. The number of aryl methyl sites for hydroxylation is 1. The Bertz CT molecular complexity index is 675. The van der Waals surface area contributed by atoms with Gasteiger partial charge in [0.15, 0.2) is 0 Å². The van der Waals surface area contributed by atoms with Crippen LogP contribution in [0.1, 0.15) is 30.4 Å². The van der Waals surface area contributed by atoms with Crippen molar-refractivity contribution < 1.29 is 4.79 Å². The number of benzene rings is 2. The Kier molecular flexibility index (Phi) is 5.19. The maximum absolute atomic E-state index is 12.6. The molecule has 3 nitrogen and oxygen atoms in total. The second-order valence-corrected chi connectivity index (χ2v) is 6.67. The molecular weight excluding hydrogens is 296 g/mol. The summed E-state index contributed by atoms with van der Waals surface area (Å²) in [5.74, 6) is 0.545. The Hall–Kier alpha value is -2.29. The van der Waals surface area contributed by atoms with Crippen molar-refractivity contribution in [1.82, 2.24) is 4.90 Å². The highest BCUT2D eigenvalue weighted by Gasteiger charge is 2.23. The number of carbonyl (C=O) groups is 1. The minimum atomic E-state index is 0.271. The molecule has 1 aliphatic rings. The lowest BCUT2D eigenvalue weighted by Gasteiger charge is -2.37. The number of anilines is 1. The Labute approximate surface area is 144 Å². The molecule has 1 amide bonds. The highest BCUT2D eigenvalue weighted by Crippen LogP contribution is 2.23. The van der Waals surface area contributed by atoms with Gasteiger partial charge in [-0.2, -0.15) is 0 Å². The molecule has 0 N–H and O–H groups in total. The van der Waals surface area contributed by atoms with Gasteiger partial charge in [-0.05, 0) is 30.0 Å². The second-order valence-electron chi connectivity index (χ2n) is 6.67. The first kappa shape index (κ1) is 16.6. The number of rotatable bonds is 4. The molecule has 0 radical (unpaired) electrons. The van der Waals surface area contributed by atoms with E-state index in [1.165, 1.54) is 16.8 Å². The van der Waals surface area contributed by atoms with Gasteiger partial charge in [0.25, 0.3) is 0 Å². The van der Waals surface area contributed by atoms with E-state index in [9.17, 15) is 4.79 Å². The van der Waals surface area contributed by atoms with Gasteiger partial charge in [0.05, 0.1) is 0 Å². The Morgan fingerprint density at radius 3 is 2.25 bits per heavy atom. The van der Waals surface area contributed by atoms with Crippen LogP contribution in [0.15, 0.2) is 54.6 Å². The standard InChI is InChI=1S/C21H26N2O/c1-17-8-6-7-11-20(17)22-12-14-23(15-13-22)21(24)16-18(2)19-9-4-3-5-10-19/h3-11,18H,12-16H2,1-2H3/t18-/m1/s1. The van der Waals surface area contributed by atoms with E-state index in [2.05, 4.69) is 55.1 Å². The van der Waals surface area contributed by atoms with Crippen molar-refractivity contribution in [3.8, 4) is 0 Å². The van der Waals surface area contributed by atoms with Gasteiger partial charge >= 0.3 is 0 Å². The van der Waals surface area contributed by atoms with Gasteiger partial charge in [-0.1, -0.05) is 55.5 Å². The fourth-order valence-corrected chi connectivity index (χ4v) is 3.41. The lowest BCUT2D eigenvalue weighted by molar-refractivity contribution is -0.131. The highest BCUT2D eigenvalue weighted by atomic mass is 16.2. The second kappa shape index (κ2) is 7.52. The van der Waals surface area contributed by atoms with Gasteiger partial charge in [-0.3, -0.25) is 4.79 Å². The molecule has 0 aliphatic carbocycles. The van der Waals surface area contributed by atoms with E-state index in [-0.39, 0.29) is 11.8 Å². The van der Waals surface area contributed by atoms with E-state index in [1.54, 1.807) is 0 Å². The molecule has 0 bridgehead atoms. The Balaban J connectivity index is 1.55. The third-order valence-electron chi connectivity index (χ3n) is 4.94. The fraction of sp³-hybridized carbons (Fsp3) is 0.381. The first-order chi connectivity index (χ1) is 11.6. The Morgan fingerprint density at radius 1 is 0.958 bits per heavy atom. The molecule has 24 heavy (non-hydrogen) atoms. The number of nitrogens with zero attached hydrogens (tertiary/aromatic N) is 2. The molecule has 0 aromatic heterocycles. The van der Waals surface area contributed by atoms with Gasteiger partial charge < -0.3 is 9.80 Å². The van der Waals surface area contributed by atoms with E-state index < -0.39 is 0 Å². The zero-order chi connectivity index (χ0) is 16.9. The topological polar surface area (TPSA) is 23.6 Å². The molecule has 0 unspecified atom stereocenters. The quantitative estimate of drug-likeness (QED) is 0.854. The van der Waals surface area contributed by atoms with E-state index in [4.69, 9.17) is 0 Å². The van der Waals surface area contributed by atoms with Crippen LogP contribution in [0.3, 0.4) is 0 Å². The van der Waals surface area contributed by atoms with Crippen LogP contribution in [-0.4, -0.2) is 37.0 Å². The van der Waals surface area contributed by atoms with E-state index in [0.29, 0.717) is 6.42 Å². The van der Waals surface area contributed by atoms with E-state index in [1.807, 2.05) is 23.1 Å². The molecular formula is C21H26N2O. The van der Waals surface area contributed by atoms with Crippen LogP contribution in [0, 0.1) is 6.92 Å². The molecule has 1 aliphatic heterocycles. The lowest BCUT2D eigenvalue weighted by Crippen LogP contribution is -2.49. The van der Waals surface area contributed by atoms with Crippen molar-refractivity contribution in [2.75, 3.05) is 31.1 Å². The van der Waals surface area contributed by atoms with Crippen molar-refractivity contribution in [3.05, 3.63) is 65.7 Å². The molecule has 1 saturated heterocycles. The monoisotopic (exact) mass is 322 g/mol. The molecule has 3 rings (SSSR count). The zero-order valence-corrected chi connectivity index (χ0v) is 14.6.